The van der Waals surface area contributed by atoms with Crippen molar-refractivity contribution in [1.82, 2.24) is 8.01 Å². The Morgan fingerprint density at radius 3 is 2.12 bits per heavy atom. The predicted molar refractivity (Wildman–Crippen MR) is 75.6 cm³/mol. The molecule has 3 heteroatoms. The Kier molecular flexibility index (Phi) is 3.74. The highest BCUT2D eigenvalue weighted by atomic mass is 127. The average molecular weight is 334 g/mol. The van der Waals surface area contributed by atoms with Crippen LogP contribution in [0, 0.1) is 17.8 Å². The zero-order valence-corrected chi connectivity index (χ0v) is 12.2. The summed E-state index contributed by atoms with van der Waals surface area (Å²) < 4.78 is 2.49. The number of hydrogen-bond acceptors (Lipinski definition) is 2. The molecule has 16 heavy (non-hydrogen) atoms. The van der Waals surface area contributed by atoms with Gasteiger partial charge in [0.1, 0.15) is 0 Å². The molecule has 2 nitrogen and oxygen atoms in total. The van der Waals surface area contributed by atoms with E-state index in [1.165, 1.54) is 64.8 Å². The number of halogens is 1. The second-order valence-electron chi connectivity index (χ2n) is 6.07. The first-order valence-electron chi connectivity index (χ1n) is 6.94. The summed E-state index contributed by atoms with van der Waals surface area (Å²) in [6.07, 6.45) is 7.49. The van der Waals surface area contributed by atoms with E-state index in [1.807, 2.05) is 0 Å². The largest absolute Gasteiger partial charge is 0.302 e. The third-order valence-electron chi connectivity index (χ3n) is 4.76. The van der Waals surface area contributed by atoms with Crippen LogP contribution in [0.2, 0.25) is 0 Å². The molecule has 3 fully saturated rings. The smallest absolute Gasteiger partial charge is 0.0201 e. The molecule has 0 spiro atoms. The third kappa shape index (κ3) is 2.56. The highest BCUT2D eigenvalue weighted by Gasteiger charge is 2.39. The van der Waals surface area contributed by atoms with Crippen molar-refractivity contribution >= 4 is 22.9 Å². The molecule has 0 amide bonds. The lowest BCUT2D eigenvalue weighted by Crippen LogP contribution is -2.31. The van der Waals surface area contributed by atoms with Gasteiger partial charge in [0.2, 0.25) is 0 Å². The van der Waals surface area contributed by atoms with Gasteiger partial charge in [0.05, 0.1) is 0 Å². The molecule has 0 unspecified atom stereocenters. The molecule has 1 aliphatic carbocycles. The molecule has 1 saturated carbocycles. The quantitative estimate of drug-likeness (QED) is 0.566. The maximum Gasteiger partial charge on any atom is 0.0201 e. The van der Waals surface area contributed by atoms with Crippen LogP contribution in [0.5, 0.6) is 0 Å². The number of rotatable bonds is 2. The maximum atomic E-state index is 2.77. The molecular formula is C13H23IN2. The van der Waals surface area contributed by atoms with Crippen LogP contribution in [0.15, 0.2) is 0 Å². The molecule has 0 aromatic rings. The van der Waals surface area contributed by atoms with E-state index >= 15 is 0 Å². The summed E-state index contributed by atoms with van der Waals surface area (Å²) in [5, 5.41) is 0. The summed E-state index contributed by atoms with van der Waals surface area (Å²) in [6.45, 7) is 6.87. The Hall–Kier alpha value is 0.650. The van der Waals surface area contributed by atoms with Crippen molar-refractivity contribution in [3.63, 3.8) is 0 Å². The van der Waals surface area contributed by atoms with Crippen molar-refractivity contribution in [3.05, 3.63) is 0 Å². The SMILES string of the molecule is IN1C[C@@H]2CN(CC3CCCCC3)C[C@@H]2C1. The van der Waals surface area contributed by atoms with Gasteiger partial charge in [-0.2, -0.15) is 0 Å². The minimum absolute atomic E-state index is 0.987. The zero-order valence-electron chi connectivity index (χ0n) is 10.1. The lowest BCUT2D eigenvalue weighted by molar-refractivity contribution is 0.219. The van der Waals surface area contributed by atoms with Gasteiger partial charge in [-0.05, 0) is 30.6 Å². The standard InChI is InChI=1S/C13H23IN2/c14-16-9-12-7-15(8-13(12)10-16)6-11-4-2-1-3-5-11/h11-13H,1-10H2/t12-,13+. The van der Waals surface area contributed by atoms with E-state index in [-0.39, 0.29) is 0 Å². The molecule has 0 bridgehead atoms. The minimum atomic E-state index is 0.987. The van der Waals surface area contributed by atoms with Gasteiger partial charge < -0.3 is 4.90 Å². The van der Waals surface area contributed by atoms with E-state index in [0.717, 1.165) is 17.8 Å². The summed E-state index contributed by atoms with van der Waals surface area (Å²) in [5.74, 6) is 3.00. The molecule has 0 N–H and O–H groups in total. The van der Waals surface area contributed by atoms with Crippen LogP contribution < -0.4 is 0 Å². The van der Waals surface area contributed by atoms with Crippen molar-refractivity contribution < 1.29 is 0 Å². The van der Waals surface area contributed by atoms with E-state index < -0.39 is 0 Å². The van der Waals surface area contributed by atoms with E-state index in [1.54, 1.807) is 0 Å². The van der Waals surface area contributed by atoms with Gasteiger partial charge in [0.25, 0.3) is 0 Å². The fourth-order valence-electron chi connectivity index (χ4n) is 3.92. The van der Waals surface area contributed by atoms with E-state index in [0.29, 0.717) is 0 Å². The van der Waals surface area contributed by atoms with Crippen molar-refractivity contribution in [1.29, 1.82) is 0 Å². The minimum Gasteiger partial charge on any atom is -0.302 e. The summed E-state index contributed by atoms with van der Waals surface area (Å²) in [7, 11) is 0. The van der Waals surface area contributed by atoms with Gasteiger partial charge >= 0.3 is 0 Å². The number of nitrogens with zero attached hydrogens (tertiary/aromatic N) is 2. The average Bonchev–Trinajstić information content (AvgIpc) is 2.76. The maximum absolute atomic E-state index is 2.77. The highest BCUT2D eigenvalue weighted by Crippen LogP contribution is 2.34. The Labute approximate surface area is 113 Å². The van der Waals surface area contributed by atoms with Crippen LogP contribution in [0.4, 0.5) is 0 Å². The van der Waals surface area contributed by atoms with Crippen molar-refractivity contribution in [2.75, 3.05) is 32.7 Å². The Morgan fingerprint density at radius 1 is 0.875 bits per heavy atom. The van der Waals surface area contributed by atoms with Crippen LogP contribution in [0.25, 0.3) is 0 Å². The Morgan fingerprint density at radius 2 is 1.50 bits per heavy atom. The van der Waals surface area contributed by atoms with Gasteiger partial charge in [-0.25, -0.2) is 3.11 Å². The second-order valence-corrected chi connectivity index (χ2v) is 7.44. The van der Waals surface area contributed by atoms with Crippen LogP contribution >= 0.6 is 22.9 Å². The van der Waals surface area contributed by atoms with E-state index in [9.17, 15) is 0 Å². The Bertz CT molecular complexity index is 226. The molecule has 2 saturated heterocycles. The molecule has 0 aromatic carbocycles. The fourth-order valence-corrected chi connectivity index (χ4v) is 4.93. The van der Waals surface area contributed by atoms with E-state index in [2.05, 4.69) is 30.9 Å². The van der Waals surface area contributed by atoms with Gasteiger partial charge in [0.15, 0.2) is 0 Å². The molecule has 3 rings (SSSR count). The highest BCUT2D eigenvalue weighted by molar-refractivity contribution is 14.1. The van der Waals surface area contributed by atoms with Crippen LogP contribution in [0.3, 0.4) is 0 Å². The van der Waals surface area contributed by atoms with Crippen molar-refractivity contribution in [2.45, 2.75) is 32.1 Å². The zero-order chi connectivity index (χ0) is 11.0. The molecule has 0 radical (unpaired) electrons. The number of likely N-dealkylation sites (tertiary alicyclic amines) is 1. The summed E-state index contributed by atoms with van der Waals surface area (Å²) >= 11 is 2.50. The lowest BCUT2D eigenvalue weighted by atomic mass is 9.89. The predicted octanol–water partition coefficient (Wildman–Crippen LogP) is 2.78. The molecule has 2 atom stereocenters. The molecule has 92 valence electrons. The normalized spacial score (nSPS) is 38.1. The van der Waals surface area contributed by atoms with Crippen LogP contribution in [-0.2, 0) is 0 Å². The summed E-state index contributed by atoms with van der Waals surface area (Å²) in [5.41, 5.74) is 0. The second kappa shape index (κ2) is 5.11. The summed E-state index contributed by atoms with van der Waals surface area (Å²) in [6, 6.07) is 0. The van der Waals surface area contributed by atoms with Gasteiger partial charge in [-0.15, -0.1) is 0 Å². The van der Waals surface area contributed by atoms with Gasteiger partial charge in [-0.1, -0.05) is 19.3 Å². The monoisotopic (exact) mass is 334 g/mol. The first kappa shape index (κ1) is 11.7. The van der Waals surface area contributed by atoms with E-state index in [4.69, 9.17) is 0 Å². The van der Waals surface area contributed by atoms with Crippen LogP contribution in [0.1, 0.15) is 32.1 Å². The van der Waals surface area contributed by atoms with Crippen LogP contribution in [-0.4, -0.2) is 40.7 Å². The first-order chi connectivity index (χ1) is 7.81. The molecule has 3 aliphatic rings. The third-order valence-corrected chi connectivity index (χ3v) is 5.55. The number of hydrogen-bond donors (Lipinski definition) is 0. The topological polar surface area (TPSA) is 6.48 Å². The molecule has 2 heterocycles. The fraction of sp³-hybridized carbons (Fsp3) is 1.00. The lowest BCUT2D eigenvalue weighted by Gasteiger charge is -2.27. The first-order valence-corrected chi connectivity index (χ1v) is 7.91. The van der Waals surface area contributed by atoms with Crippen molar-refractivity contribution in [2.24, 2.45) is 17.8 Å². The molecule has 0 aromatic heterocycles. The molecule has 2 aliphatic heterocycles. The summed E-state index contributed by atoms with van der Waals surface area (Å²) in [4.78, 5) is 2.77. The Balaban J connectivity index is 1.47. The molecular weight excluding hydrogens is 311 g/mol. The van der Waals surface area contributed by atoms with Crippen molar-refractivity contribution in [3.8, 4) is 0 Å². The van der Waals surface area contributed by atoms with Gasteiger partial charge in [0, 0.05) is 55.6 Å². The van der Waals surface area contributed by atoms with Gasteiger partial charge in [-0.3, -0.25) is 0 Å². The number of fused-ring (bicyclic) bond motifs is 1.